The van der Waals surface area contributed by atoms with Crippen LogP contribution < -0.4 is 9.47 Å². The van der Waals surface area contributed by atoms with Crippen LogP contribution in [0.25, 0.3) is 5.57 Å². The highest BCUT2D eigenvalue weighted by Gasteiger charge is 2.14. The van der Waals surface area contributed by atoms with Crippen molar-refractivity contribution in [2.75, 3.05) is 18.6 Å². The van der Waals surface area contributed by atoms with Crippen molar-refractivity contribution >= 4 is 23.3 Å². The molecule has 0 radical (unpaired) electrons. The van der Waals surface area contributed by atoms with Gasteiger partial charge in [-0.25, -0.2) is 9.18 Å². The van der Waals surface area contributed by atoms with Crippen LogP contribution in [0.15, 0.2) is 72.8 Å². The Labute approximate surface area is 209 Å². The number of ether oxygens (including phenoxy) is 2. The van der Waals surface area contributed by atoms with Gasteiger partial charge in [-0.05, 0) is 90.9 Å². The van der Waals surface area contributed by atoms with Crippen LogP contribution in [-0.4, -0.2) is 35.8 Å². The van der Waals surface area contributed by atoms with Crippen LogP contribution in [0.2, 0.25) is 0 Å². The molecule has 0 saturated heterocycles. The maximum absolute atomic E-state index is 13.5. The molecule has 0 saturated carbocycles. The van der Waals surface area contributed by atoms with E-state index in [1.54, 1.807) is 42.1 Å². The summed E-state index contributed by atoms with van der Waals surface area (Å²) in [5, 5.41) is 9.04. The van der Waals surface area contributed by atoms with Crippen LogP contribution in [-0.2, 0) is 4.79 Å². The Balaban J connectivity index is 1.79. The van der Waals surface area contributed by atoms with Crippen molar-refractivity contribution in [1.29, 1.82) is 0 Å². The normalized spacial score (nSPS) is 11.8. The Morgan fingerprint density at radius 3 is 2.34 bits per heavy atom. The van der Waals surface area contributed by atoms with Crippen molar-refractivity contribution in [3.63, 3.8) is 0 Å². The molecule has 0 aliphatic heterocycles. The number of benzene rings is 3. The summed E-state index contributed by atoms with van der Waals surface area (Å²) < 4.78 is 24.9. The highest BCUT2D eigenvalue weighted by molar-refractivity contribution is 7.98. The molecule has 3 aromatic carbocycles. The highest BCUT2D eigenvalue weighted by Crippen LogP contribution is 2.26. The summed E-state index contributed by atoms with van der Waals surface area (Å²) in [6.45, 7) is 3.60. The number of rotatable bonds is 9. The zero-order valence-electron chi connectivity index (χ0n) is 19.9. The van der Waals surface area contributed by atoms with Gasteiger partial charge in [0, 0.05) is 5.56 Å². The number of hydrogen-bond acceptors (Lipinski definition) is 4. The number of carboxylic acids is 1. The molecule has 0 heterocycles. The van der Waals surface area contributed by atoms with E-state index in [4.69, 9.17) is 14.6 Å². The molecule has 0 aliphatic carbocycles. The summed E-state index contributed by atoms with van der Waals surface area (Å²) in [6, 6.07) is 19.5. The minimum absolute atomic E-state index is 0.285. The SMILES string of the molecule is CSCC#Cc1ccc(C(=CCOc2ccc(OC(C)C(=O)O)c(C)c2)c2ccc(F)cc2)cc1. The molecule has 35 heavy (non-hydrogen) atoms. The summed E-state index contributed by atoms with van der Waals surface area (Å²) in [4.78, 5) is 11.0. The Morgan fingerprint density at radius 2 is 1.74 bits per heavy atom. The van der Waals surface area contributed by atoms with E-state index >= 15 is 0 Å². The number of hydrogen-bond donors (Lipinski definition) is 1. The van der Waals surface area contributed by atoms with Gasteiger partial charge in [-0.15, -0.1) is 0 Å². The van der Waals surface area contributed by atoms with E-state index in [9.17, 15) is 9.18 Å². The summed E-state index contributed by atoms with van der Waals surface area (Å²) >= 11 is 1.68. The second-order valence-corrected chi connectivity index (χ2v) is 8.64. The molecule has 1 N–H and O–H groups in total. The second kappa shape index (κ2) is 12.7. The average Bonchev–Trinajstić information content (AvgIpc) is 2.85. The van der Waals surface area contributed by atoms with Crippen LogP contribution in [0.4, 0.5) is 4.39 Å². The fourth-order valence-electron chi connectivity index (χ4n) is 3.28. The zero-order chi connectivity index (χ0) is 25.2. The minimum Gasteiger partial charge on any atom is -0.489 e. The van der Waals surface area contributed by atoms with Gasteiger partial charge < -0.3 is 14.6 Å². The third-order valence-corrected chi connectivity index (χ3v) is 5.57. The number of carbonyl (C=O) groups is 1. The summed E-state index contributed by atoms with van der Waals surface area (Å²) in [6.07, 6.45) is 3.03. The molecule has 0 amide bonds. The van der Waals surface area contributed by atoms with Gasteiger partial charge in [0.2, 0.25) is 0 Å². The van der Waals surface area contributed by atoms with E-state index in [0.717, 1.165) is 33.6 Å². The standard InChI is InChI=1S/C29H27FO4S/c1-20-19-26(14-15-28(20)34-21(2)29(31)32)33-17-16-27(24-10-12-25(30)13-11-24)23-8-6-22(7-9-23)5-4-18-35-3/h6-16,19,21H,17-18H2,1-3H3,(H,31,32). The smallest absolute Gasteiger partial charge is 0.344 e. The molecule has 3 aromatic rings. The lowest BCUT2D eigenvalue weighted by Crippen LogP contribution is -2.23. The van der Waals surface area contributed by atoms with Crippen LogP contribution in [0.3, 0.4) is 0 Å². The van der Waals surface area contributed by atoms with Crippen LogP contribution in [0.1, 0.15) is 29.2 Å². The van der Waals surface area contributed by atoms with Crippen LogP contribution in [0.5, 0.6) is 11.5 Å². The van der Waals surface area contributed by atoms with E-state index in [1.165, 1.54) is 19.1 Å². The van der Waals surface area contributed by atoms with Crippen molar-refractivity contribution < 1.29 is 23.8 Å². The Bertz CT molecular complexity index is 1240. The van der Waals surface area contributed by atoms with E-state index < -0.39 is 12.1 Å². The molecule has 6 heteroatoms. The molecule has 4 nitrogen and oxygen atoms in total. The lowest BCUT2D eigenvalue weighted by Gasteiger charge is -2.14. The first-order valence-electron chi connectivity index (χ1n) is 11.0. The topological polar surface area (TPSA) is 55.8 Å². The van der Waals surface area contributed by atoms with Gasteiger partial charge in [-0.3, -0.25) is 0 Å². The molecule has 0 fully saturated rings. The molecule has 0 aliphatic rings. The summed E-state index contributed by atoms with van der Waals surface area (Å²) in [5.74, 6) is 6.85. The molecule has 0 spiro atoms. The lowest BCUT2D eigenvalue weighted by molar-refractivity contribution is -0.144. The van der Waals surface area contributed by atoms with Crippen LogP contribution in [0, 0.1) is 24.6 Å². The largest absolute Gasteiger partial charge is 0.489 e. The average molecular weight is 491 g/mol. The molecule has 0 bridgehead atoms. The van der Waals surface area contributed by atoms with Crippen molar-refractivity contribution in [3.05, 3.63) is 101 Å². The minimum atomic E-state index is -1.02. The van der Waals surface area contributed by atoms with Gasteiger partial charge in [0.05, 0.1) is 5.75 Å². The maximum Gasteiger partial charge on any atom is 0.344 e. The predicted octanol–water partition coefficient (Wildman–Crippen LogP) is 6.21. The number of aliphatic carboxylic acids is 1. The third kappa shape index (κ3) is 7.66. The summed E-state index contributed by atoms with van der Waals surface area (Å²) in [5.41, 5.74) is 4.47. The second-order valence-electron chi connectivity index (χ2n) is 7.77. The van der Waals surface area contributed by atoms with Crippen molar-refractivity contribution in [1.82, 2.24) is 0 Å². The Morgan fingerprint density at radius 1 is 1.09 bits per heavy atom. The quantitative estimate of drug-likeness (QED) is 0.361. The Hall–Kier alpha value is -3.69. The predicted molar refractivity (Wildman–Crippen MR) is 140 cm³/mol. The van der Waals surface area contributed by atoms with Crippen molar-refractivity contribution in [2.45, 2.75) is 20.0 Å². The molecule has 1 atom stereocenters. The van der Waals surface area contributed by atoms with Crippen LogP contribution >= 0.6 is 11.8 Å². The van der Waals surface area contributed by atoms with Crippen molar-refractivity contribution in [3.8, 4) is 23.3 Å². The molecular weight excluding hydrogens is 463 g/mol. The maximum atomic E-state index is 13.5. The highest BCUT2D eigenvalue weighted by atomic mass is 32.2. The monoisotopic (exact) mass is 490 g/mol. The van der Waals surface area contributed by atoms with E-state index in [2.05, 4.69) is 11.8 Å². The fraction of sp³-hybridized carbons (Fsp3) is 0.207. The zero-order valence-corrected chi connectivity index (χ0v) is 20.7. The van der Waals surface area contributed by atoms with E-state index in [1.807, 2.05) is 43.5 Å². The fourth-order valence-corrected chi connectivity index (χ4v) is 3.50. The molecule has 1 unspecified atom stereocenters. The third-order valence-electron chi connectivity index (χ3n) is 5.14. The molecule has 0 aromatic heterocycles. The molecule has 3 rings (SSSR count). The van der Waals surface area contributed by atoms with E-state index in [0.29, 0.717) is 11.5 Å². The first-order valence-corrected chi connectivity index (χ1v) is 12.4. The van der Waals surface area contributed by atoms with Gasteiger partial charge in [0.25, 0.3) is 0 Å². The van der Waals surface area contributed by atoms with Gasteiger partial charge in [-0.2, -0.15) is 11.8 Å². The van der Waals surface area contributed by atoms with Gasteiger partial charge in [0.15, 0.2) is 6.10 Å². The number of thioether (sulfide) groups is 1. The number of carboxylic acid groups (broad SMARTS) is 1. The molecular formula is C29H27FO4S. The number of halogens is 1. The Kier molecular flexibility index (Phi) is 9.39. The van der Waals surface area contributed by atoms with Gasteiger partial charge in [0.1, 0.15) is 23.9 Å². The van der Waals surface area contributed by atoms with Gasteiger partial charge in [-0.1, -0.05) is 36.1 Å². The van der Waals surface area contributed by atoms with Crippen molar-refractivity contribution in [2.24, 2.45) is 0 Å². The first kappa shape index (κ1) is 25.9. The lowest BCUT2D eigenvalue weighted by atomic mass is 9.97. The first-order chi connectivity index (χ1) is 16.9. The molecule has 180 valence electrons. The number of aryl methyl sites for hydroxylation is 1. The van der Waals surface area contributed by atoms with Gasteiger partial charge >= 0.3 is 5.97 Å². The van der Waals surface area contributed by atoms with E-state index in [-0.39, 0.29) is 12.4 Å². The summed E-state index contributed by atoms with van der Waals surface area (Å²) in [7, 11) is 0.